The Morgan fingerprint density at radius 3 is 1.83 bits per heavy atom. The number of anilines is 1. The molecule has 5 heteroatoms. The fourth-order valence-corrected chi connectivity index (χ4v) is 3.04. The molecule has 0 atom stereocenters. The van der Waals surface area contributed by atoms with Crippen LogP contribution in [0.25, 0.3) is 6.08 Å². The highest BCUT2D eigenvalue weighted by atomic mass is 15.1. The van der Waals surface area contributed by atoms with Crippen molar-refractivity contribution in [3.8, 4) is 0 Å². The van der Waals surface area contributed by atoms with Gasteiger partial charge in [0, 0.05) is 18.8 Å². The van der Waals surface area contributed by atoms with Gasteiger partial charge < -0.3 is 4.90 Å². The average Bonchev–Trinajstić information content (AvgIpc) is 2.79. The van der Waals surface area contributed by atoms with Crippen LogP contribution in [0.4, 0.5) is 28.4 Å². The van der Waals surface area contributed by atoms with Gasteiger partial charge in [0.1, 0.15) is 0 Å². The summed E-state index contributed by atoms with van der Waals surface area (Å²) in [5.41, 5.74) is 6.48. The molecule has 0 unspecified atom stereocenters. The first-order chi connectivity index (χ1) is 14.6. The molecule has 0 aliphatic rings. The van der Waals surface area contributed by atoms with Gasteiger partial charge in [-0.05, 0) is 86.5 Å². The summed E-state index contributed by atoms with van der Waals surface area (Å²) in [4.78, 5) is 2.30. The van der Waals surface area contributed by atoms with E-state index in [1.165, 1.54) is 5.69 Å². The van der Waals surface area contributed by atoms with Gasteiger partial charge in [-0.3, -0.25) is 0 Å². The summed E-state index contributed by atoms with van der Waals surface area (Å²) in [6.07, 6.45) is 1.80. The highest BCUT2D eigenvalue weighted by Gasteiger charge is 2.02. The minimum absolute atomic E-state index is 0.787. The highest BCUT2D eigenvalue weighted by molar-refractivity contribution is 5.56. The van der Waals surface area contributed by atoms with E-state index >= 15 is 0 Å². The van der Waals surface area contributed by atoms with Crippen molar-refractivity contribution in [2.45, 2.75) is 20.8 Å². The topological polar surface area (TPSA) is 52.7 Å². The number of azo groups is 2. The molecular formula is C25H27N5. The van der Waals surface area contributed by atoms with Crippen molar-refractivity contribution >= 4 is 34.5 Å². The van der Waals surface area contributed by atoms with Gasteiger partial charge in [-0.1, -0.05) is 24.8 Å². The number of rotatable bonds is 8. The predicted octanol–water partition coefficient (Wildman–Crippen LogP) is 8.32. The van der Waals surface area contributed by atoms with Crippen molar-refractivity contribution < 1.29 is 0 Å². The van der Waals surface area contributed by atoms with E-state index in [1.807, 2.05) is 61.5 Å². The van der Waals surface area contributed by atoms with Crippen LogP contribution in [0.3, 0.4) is 0 Å². The van der Waals surface area contributed by atoms with E-state index in [9.17, 15) is 0 Å². The van der Waals surface area contributed by atoms with Gasteiger partial charge in [0.25, 0.3) is 0 Å². The smallest absolute Gasteiger partial charge is 0.0887 e. The summed E-state index contributed by atoms with van der Waals surface area (Å²) >= 11 is 0. The Kier molecular flexibility index (Phi) is 7.22. The molecule has 0 aliphatic carbocycles. The summed E-state index contributed by atoms with van der Waals surface area (Å²) in [7, 11) is 0. The number of benzene rings is 3. The van der Waals surface area contributed by atoms with Crippen LogP contribution in [0, 0.1) is 6.92 Å². The largest absolute Gasteiger partial charge is 0.372 e. The second kappa shape index (κ2) is 10.3. The fraction of sp³-hybridized carbons (Fsp3) is 0.200. The van der Waals surface area contributed by atoms with Crippen molar-refractivity contribution in [1.82, 2.24) is 0 Å². The zero-order chi connectivity index (χ0) is 21.3. The lowest BCUT2D eigenvalue weighted by Crippen LogP contribution is -2.21. The fourth-order valence-electron chi connectivity index (χ4n) is 3.04. The van der Waals surface area contributed by atoms with Crippen LogP contribution >= 0.6 is 0 Å². The summed E-state index contributed by atoms with van der Waals surface area (Å²) in [6, 6.07) is 21.7. The van der Waals surface area contributed by atoms with Crippen molar-refractivity contribution in [3.63, 3.8) is 0 Å². The summed E-state index contributed by atoms with van der Waals surface area (Å²) in [5.74, 6) is 0. The van der Waals surface area contributed by atoms with Crippen molar-refractivity contribution in [2.75, 3.05) is 18.0 Å². The molecule has 0 spiro atoms. The Hall–Kier alpha value is -3.60. The molecule has 0 saturated carbocycles. The second-order valence-corrected chi connectivity index (χ2v) is 6.86. The van der Waals surface area contributed by atoms with E-state index in [1.54, 1.807) is 6.08 Å². The summed E-state index contributed by atoms with van der Waals surface area (Å²) in [5, 5.41) is 17.4. The van der Waals surface area contributed by atoms with Crippen molar-refractivity contribution in [1.29, 1.82) is 0 Å². The molecule has 0 fully saturated rings. The SMILES string of the molecule is C=Cc1ccc(N=Nc2ccc(N=Nc3ccc(N(CC)CC)cc3)cc2C)cc1. The summed E-state index contributed by atoms with van der Waals surface area (Å²) < 4.78 is 0. The van der Waals surface area contributed by atoms with E-state index in [2.05, 4.69) is 57.9 Å². The van der Waals surface area contributed by atoms with Crippen LogP contribution in [0.1, 0.15) is 25.0 Å². The van der Waals surface area contributed by atoms with Crippen LogP contribution < -0.4 is 4.90 Å². The minimum Gasteiger partial charge on any atom is -0.372 e. The maximum atomic E-state index is 4.36. The maximum Gasteiger partial charge on any atom is 0.0887 e. The Labute approximate surface area is 178 Å². The quantitative estimate of drug-likeness (QED) is 0.352. The van der Waals surface area contributed by atoms with Crippen LogP contribution in [-0.2, 0) is 0 Å². The van der Waals surface area contributed by atoms with Gasteiger partial charge in [-0.15, -0.1) is 0 Å². The molecule has 3 rings (SSSR count). The molecule has 0 aliphatic heterocycles. The van der Waals surface area contributed by atoms with Crippen LogP contribution in [0.5, 0.6) is 0 Å². The molecule has 30 heavy (non-hydrogen) atoms. The lowest BCUT2D eigenvalue weighted by molar-refractivity contribution is 0.866. The zero-order valence-electron chi connectivity index (χ0n) is 17.8. The highest BCUT2D eigenvalue weighted by Crippen LogP contribution is 2.28. The Balaban J connectivity index is 1.68. The van der Waals surface area contributed by atoms with Crippen LogP contribution in [0.15, 0.2) is 93.8 Å². The molecule has 5 nitrogen and oxygen atoms in total. The van der Waals surface area contributed by atoms with Gasteiger partial charge >= 0.3 is 0 Å². The van der Waals surface area contributed by atoms with Gasteiger partial charge in [0.15, 0.2) is 0 Å². The van der Waals surface area contributed by atoms with E-state index in [-0.39, 0.29) is 0 Å². The summed E-state index contributed by atoms with van der Waals surface area (Å²) in [6.45, 7) is 12.0. The normalized spacial score (nSPS) is 11.3. The number of hydrogen-bond acceptors (Lipinski definition) is 5. The average molecular weight is 398 g/mol. The van der Waals surface area contributed by atoms with E-state index in [0.29, 0.717) is 0 Å². The zero-order valence-corrected chi connectivity index (χ0v) is 17.8. The van der Waals surface area contributed by atoms with E-state index in [4.69, 9.17) is 0 Å². The molecule has 0 bridgehead atoms. The van der Waals surface area contributed by atoms with Gasteiger partial charge in [0.2, 0.25) is 0 Å². The number of aryl methyl sites for hydroxylation is 1. The third-order valence-corrected chi connectivity index (χ3v) is 4.84. The lowest BCUT2D eigenvalue weighted by Gasteiger charge is -2.20. The van der Waals surface area contributed by atoms with E-state index in [0.717, 1.165) is 47.0 Å². The Morgan fingerprint density at radius 1 is 0.733 bits per heavy atom. The Morgan fingerprint density at radius 2 is 1.27 bits per heavy atom. The first-order valence-corrected chi connectivity index (χ1v) is 10.1. The molecule has 0 amide bonds. The van der Waals surface area contributed by atoms with Crippen LogP contribution in [0.2, 0.25) is 0 Å². The minimum atomic E-state index is 0.787. The molecule has 0 N–H and O–H groups in total. The third-order valence-electron chi connectivity index (χ3n) is 4.84. The first kappa shape index (κ1) is 21.1. The standard InChI is InChI=1S/C25H27N5/c1-5-20-8-10-21(11-9-20)27-29-25-17-14-23(18-19(25)4)28-26-22-12-15-24(16-13-22)30(6-2)7-3/h5,8-18H,1,6-7H2,2-4H3. The van der Waals surface area contributed by atoms with Crippen molar-refractivity contribution in [3.05, 3.63) is 84.4 Å². The van der Waals surface area contributed by atoms with Crippen molar-refractivity contribution in [2.24, 2.45) is 20.5 Å². The van der Waals surface area contributed by atoms with Gasteiger partial charge in [-0.25, -0.2) is 0 Å². The first-order valence-electron chi connectivity index (χ1n) is 10.1. The molecule has 152 valence electrons. The number of hydrogen-bond donors (Lipinski definition) is 0. The van der Waals surface area contributed by atoms with Gasteiger partial charge in [0.05, 0.1) is 22.7 Å². The lowest BCUT2D eigenvalue weighted by atomic mass is 10.2. The third kappa shape index (κ3) is 5.47. The monoisotopic (exact) mass is 397 g/mol. The molecule has 3 aromatic rings. The molecule has 0 heterocycles. The van der Waals surface area contributed by atoms with Gasteiger partial charge in [-0.2, -0.15) is 20.5 Å². The second-order valence-electron chi connectivity index (χ2n) is 6.86. The molecule has 0 radical (unpaired) electrons. The van der Waals surface area contributed by atoms with Crippen LogP contribution in [-0.4, -0.2) is 13.1 Å². The maximum absolute atomic E-state index is 4.36. The predicted molar refractivity (Wildman–Crippen MR) is 126 cm³/mol. The molecule has 0 saturated heterocycles. The molecule has 0 aromatic heterocycles. The van der Waals surface area contributed by atoms with E-state index < -0.39 is 0 Å². The Bertz CT molecular complexity index is 1030. The molecular weight excluding hydrogens is 370 g/mol. The number of nitrogens with zero attached hydrogens (tertiary/aromatic N) is 5. The molecule has 3 aromatic carbocycles.